The monoisotopic (exact) mass is 544 g/mol. The lowest BCUT2D eigenvalue weighted by Gasteiger charge is -2.22. The molecule has 1 fully saturated rings. The van der Waals surface area contributed by atoms with Crippen LogP contribution in [-0.4, -0.2) is 125 Å². The number of nitrogens with one attached hydrogen (secondary N) is 1. The molecule has 0 unspecified atom stereocenters. The molecule has 0 amide bonds. The first kappa shape index (κ1) is 32.7. The fraction of sp³-hybridized carbons (Fsp3) is 0.778. The van der Waals surface area contributed by atoms with Crippen LogP contribution in [0.1, 0.15) is 12.8 Å². The van der Waals surface area contributed by atoms with Gasteiger partial charge in [0.2, 0.25) is 0 Å². The Labute approximate surface area is 227 Å². The summed E-state index contributed by atoms with van der Waals surface area (Å²) in [5, 5.41) is 3.33. The van der Waals surface area contributed by atoms with E-state index >= 15 is 0 Å². The number of benzene rings is 1. The summed E-state index contributed by atoms with van der Waals surface area (Å²) in [5.41, 5.74) is 6.35. The summed E-state index contributed by atoms with van der Waals surface area (Å²) in [7, 11) is 0. The molecule has 11 nitrogen and oxygen atoms in total. The smallest absolute Gasteiger partial charge is 0.119 e. The van der Waals surface area contributed by atoms with Gasteiger partial charge in [-0.25, -0.2) is 0 Å². The van der Waals surface area contributed by atoms with Gasteiger partial charge in [0.05, 0.1) is 105 Å². The molecule has 1 saturated heterocycles. The van der Waals surface area contributed by atoms with Gasteiger partial charge in [-0.15, -0.1) is 0 Å². The molecule has 0 bridgehead atoms. The third kappa shape index (κ3) is 19.5. The molecule has 38 heavy (non-hydrogen) atoms. The third-order valence-corrected chi connectivity index (χ3v) is 5.48. The summed E-state index contributed by atoms with van der Waals surface area (Å²) in [6.07, 6.45) is 2.54. The van der Waals surface area contributed by atoms with E-state index in [1.165, 1.54) is 0 Å². The van der Waals surface area contributed by atoms with Gasteiger partial charge in [-0.05, 0) is 50.2 Å². The fourth-order valence-electron chi connectivity index (χ4n) is 3.44. The van der Waals surface area contributed by atoms with Gasteiger partial charge in [-0.2, -0.15) is 0 Å². The predicted molar refractivity (Wildman–Crippen MR) is 144 cm³/mol. The summed E-state index contributed by atoms with van der Waals surface area (Å²) in [6, 6.07) is 7.28. The predicted octanol–water partition coefficient (Wildman–Crippen LogP) is 1.53. The van der Waals surface area contributed by atoms with Crippen LogP contribution in [0.3, 0.4) is 0 Å². The van der Waals surface area contributed by atoms with Gasteiger partial charge >= 0.3 is 0 Å². The normalized spacial score (nSPS) is 14.2. The van der Waals surface area contributed by atoms with Crippen molar-refractivity contribution in [1.82, 2.24) is 5.32 Å². The minimum Gasteiger partial charge on any atom is -0.491 e. The second kappa shape index (κ2) is 24.5. The molecule has 1 aliphatic heterocycles. The zero-order chi connectivity index (χ0) is 26.8. The van der Waals surface area contributed by atoms with Gasteiger partial charge in [0, 0.05) is 5.69 Å². The van der Waals surface area contributed by atoms with Gasteiger partial charge in [-0.1, -0.05) is 0 Å². The summed E-state index contributed by atoms with van der Waals surface area (Å²) in [5.74, 6) is 0.778. The van der Waals surface area contributed by atoms with Gasteiger partial charge < -0.3 is 53.7 Å². The van der Waals surface area contributed by atoms with Crippen LogP contribution in [0.25, 0.3) is 0 Å². The molecule has 3 N–H and O–H groups in total. The standard InChI is InChI=1S/C27H48N2O9/c28-25-1-3-26(4-2-25)37-23-21-35-19-17-33-15-13-31-11-9-30-10-12-32-14-16-34-18-20-36-22-24-38-27-5-7-29-8-6-27/h1-4,27,29H,5-24,28H2. The largest absolute Gasteiger partial charge is 0.491 e. The van der Waals surface area contributed by atoms with E-state index in [1.54, 1.807) is 12.1 Å². The fourth-order valence-corrected chi connectivity index (χ4v) is 3.44. The lowest BCUT2D eigenvalue weighted by atomic mass is 10.1. The Morgan fingerprint density at radius 1 is 0.526 bits per heavy atom. The molecule has 0 aromatic heterocycles. The SMILES string of the molecule is Nc1ccc(OCCOCCOCCOCCOCCOCCOCCOCCOC2CCNCC2)cc1. The summed E-state index contributed by atoms with van der Waals surface area (Å²) in [4.78, 5) is 0. The molecule has 0 atom stereocenters. The molecule has 1 aromatic rings. The van der Waals surface area contributed by atoms with Crippen LogP contribution in [0, 0.1) is 0 Å². The molecule has 1 aromatic carbocycles. The number of piperidine rings is 1. The number of rotatable bonds is 26. The quantitative estimate of drug-likeness (QED) is 0.130. The van der Waals surface area contributed by atoms with E-state index in [2.05, 4.69) is 5.32 Å². The summed E-state index contributed by atoms with van der Waals surface area (Å²) in [6.45, 7) is 10.7. The molecular weight excluding hydrogens is 496 g/mol. The van der Waals surface area contributed by atoms with Crippen molar-refractivity contribution < 1.29 is 42.6 Å². The van der Waals surface area contributed by atoms with Crippen molar-refractivity contribution in [1.29, 1.82) is 0 Å². The molecule has 0 aliphatic carbocycles. The topological polar surface area (TPSA) is 121 Å². The van der Waals surface area contributed by atoms with Crippen molar-refractivity contribution in [3.05, 3.63) is 24.3 Å². The average Bonchev–Trinajstić information content (AvgIpc) is 2.94. The molecule has 1 heterocycles. The zero-order valence-electron chi connectivity index (χ0n) is 22.8. The van der Waals surface area contributed by atoms with Crippen LogP contribution in [0.2, 0.25) is 0 Å². The highest BCUT2D eigenvalue weighted by Gasteiger charge is 2.12. The highest BCUT2D eigenvalue weighted by molar-refractivity contribution is 5.41. The Morgan fingerprint density at radius 2 is 0.895 bits per heavy atom. The van der Waals surface area contributed by atoms with Crippen LogP contribution in [0.15, 0.2) is 24.3 Å². The minimum atomic E-state index is 0.375. The van der Waals surface area contributed by atoms with E-state index in [4.69, 9.17) is 48.4 Å². The first-order valence-corrected chi connectivity index (χ1v) is 13.7. The first-order chi connectivity index (χ1) is 18.8. The van der Waals surface area contributed by atoms with E-state index < -0.39 is 0 Å². The highest BCUT2D eigenvalue weighted by atomic mass is 16.6. The molecule has 0 spiro atoms. The van der Waals surface area contributed by atoms with Crippen molar-refractivity contribution in [3.63, 3.8) is 0 Å². The Balaban J connectivity index is 1.17. The second-order valence-corrected chi connectivity index (χ2v) is 8.52. The zero-order valence-corrected chi connectivity index (χ0v) is 22.8. The van der Waals surface area contributed by atoms with Crippen LogP contribution >= 0.6 is 0 Å². The lowest BCUT2D eigenvalue weighted by Crippen LogP contribution is -2.33. The van der Waals surface area contributed by atoms with E-state index in [0.717, 1.165) is 31.7 Å². The molecule has 11 heteroatoms. The van der Waals surface area contributed by atoms with Crippen molar-refractivity contribution >= 4 is 5.69 Å². The second-order valence-electron chi connectivity index (χ2n) is 8.52. The van der Waals surface area contributed by atoms with Gasteiger partial charge in [0.15, 0.2) is 0 Å². The number of hydrogen-bond donors (Lipinski definition) is 2. The van der Waals surface area contributed by atoms with Crippen LogP contribution < -0.4 is 15.8 Å². The number of nitrogens with two attached hydrogens (primary N) is 1. The minimum absolute atomic E-state index is 0.375. The van der Waals surface area contributed by atoms with Crippen molar-refractivity contribution in [3.8, 4) is 5.75 Å². The maximum Gasteiger partial charge on any atom is 0.119 e. The van der Waals surface area contributed by atoms with Gasteiger partial charge in [0.25, 0.3) is 0 Å². The van der Waals surface area contributed by atoms with Crippen molar-refractivity contribution in [2.75, 3.05) is 125 Å². The van der Waals surface area contributed by atoms with E-state index in [1.807, 2.05) is 12.1 Å². The molecule has 220 valence electrons. The van der Waals surface area contributed by atoms with Crippen LogP contribution in [0.5, 0.6) is 5.75 Å². The maximum absolute atomic E-state index is 5.78. The Bertz CT molecular complexity index is 633. The summed E-state index contributed by atoms with van der Waals surface area (Å²) < 4.78 is 49.7. The number of anilines is 1. The molecule has 2 rings (SSSR count). The molecule has 0 saturated carbocycles. The van der Waals surface area contributed by atoms with E-state index in [9.17, 15) is 0 Å². The Kier molecular flexibility index (Phi) is 21.1. The van der Waals surface area contributed by atoms with Gasteiger partial charge in [0.1, 0.15) is 12.4 Å². The van der Waals surface area contributed by atoms with Crippen LogP contribution in [0.4, 0.5) is 5.69 Å². The third-order valence-electron chi connectivity index (χ3n) is 5.48. The van der Waals surface area contributed by atoms with Gasteiger partial charge in [-0.3, -0.25) is 0 Å². The van der Waals surface area contributed by atoms with E-state index in [0.29, 0.717) is 118 Å². The lowest BCUT2D eigenvalue weighted by molar-refractivity contribution is -0.0314. The number of ether oxygens (including phenoxy) is 9. The number of hydrogen-bond acceptors (Lipinski definition) is 11. The number of nitrogen functional groups attached to an aromatic ring is 1. The molecule has 0 radical (unpaired) electrons. The maximum atomic E-state index is 5.78. The Morgan fingerprint density at radius 3 is 1.32 bits per heavy atom. The average molecular weight is 545 g/mol. The molecule has 1 aliphatic rings. The van der Waals surface area contributed by atoms with Crippen LogP contribution in [-0.2, 0) is 37.9 Å². The highest BCUT2D eigenvalue weighted by Crippen LogP contribution is 2.12. The van der Waals surface area contributed by atoms with E-state index in [-0.39, 0.29) is 0 Å². The molecular formula is C27H48N2O9. The van der Waals surface area contributed by atoms with Crippen molar-refractivity contribution in [2.45, 2.75) is 18.9 Å². The first-order valence-electron chi connectivity index (χ1n) is 13.7. The van der Waals surface area contributed by atoms with Crippen molar-refractivity contribution in [2.24, 2.45) is 0 Å². The summed E-state index contributed by atoms with van der Waals surface area (Å²) >= 11 is 0. The Hall–Kier alpha value is -1.54.